The third kappa shape index (κ3) is 5.02. The van der Waals surface area contributed by atoms with Gasteiger partial charge >= 0.3 is 0 Å². The summed E-state index contributed by atoms with van der Waals surface area (Å²) < 4.78 is 21.3. The highest BCUT2D eigenvalue weighted by molar-refractivity contribution is 9.10. The lowest BCUT2D eigenvalue weighted by molar-refractivity contribution is 0.0688. The fourth-order valence-electron chi connectivity index (χ4n) is 3.56. The van der Waals surface area contributed by atoms with Crippen LogP contribution in [0.15, 0.2) is 46.3 Å². The molecule has 0 radical (unpaired) electrons. The highest BCUT2D eigenvalue weighted by Gasteiger charge is 2.22. The zero-order valence-corrected chi connectivity index (χ0v) is 22.0. The number of hydrogen-bond acceptors (Lipinski definition) is 8. The van der Waals surface area contributed by atoms with Gasteiger partial charge in [-0.3, -0.25) is 14.3 Å². The minimum Gasteiger partial charge on any atom is -0.486 e. The molecule has 1 N–H and O–H groups in total. The van der Waals surface area contributed by atoms with E-state index in [0.29, 0.717) is 22.8 Å². The molecule has 0 aliphatic rings. The largest absolute Gasteiger partial charge is 0.486 e. The molecule has 0 saturated heterocycles. The Balaban J connectivity index is 1.76. The molecule has 0 atom stereocenters. The summed E-state index contributed by atoms with van der Waals surface area (Å²) in [6.45, 7) is 8.53. The number of halogens is 2. The van der Waals surface area contributed by atoms with Crippen molar-refractivity contribution < 1.29 is 14.2 Å². The van der Waals surface area contributed by atoms with E-state index < -0.39 is 11.4 Å². The van der Waals surface area contributed by atoms with E-state index in [1.165, 1.54) is 10.9 Å². The van der Waals surface area contributed by atoms with Crippen LogP contribution in [0.3, 0.4) is 0 Å². The first-order valence-corrected chi connectivity index (χ1v) is 11.8. The average molecular weight is 555 g/mol. The van der Waals surface area contributed by atoms with E-state index in [4.69, 9.17) is 4.74 Å². The van der Waals surface area contributed by atoms with Crippen molar-refractivity contribution in [1.29, 1.82) is 0 Å². The molecular weight excluding hydrogens is 531 g/mol. The van der Waals surface area contributed by atoms with Crippen molar-refractivity contribution in [2.45, 2.75) is 46.8 Å². The predicted octanol–water partition coefficient (Wildman–Crippen LogP) is 4.11. The highest BCUT2D eigenvalue weighted by Crippen LogP contribution is 2.28. The van der Waals surface area contributed by atoms with Gasteiger partial charge < -0.3 is 9.84 Å². The van der Waals surface area contributed by atoms with Crippen LogP contribution in [-0.4, -0.2) is 34.6 Å². The SMILES string of the molecule is Cc1cnc(-c2nc(C(C)(C)O)ncc2C)cc1-n1c(C)cc(OCc2ncncc2F)c(Br)c1=O. The second-order valence-electron chi connectivity index (χ2n) is 8.85. The van der Waals surface area contributed by atoms with Crippen molar-refractivity contribution in [1.82, 2.24) is 29.5 Å². The summed E-state index contributed by atoms with van der Waals surface area (Å²) in [6.07, 6.45) is 5.58. The molecule has 9 nitrogen and oxygen atoms in total. The molecular formula is C25H24BrFN6O3. The van der Waals surface area contributed by atoms with E-state index in [0.717, 1.165) is 17.3 Å². The van der Waals surface area contributed by atoms with Crippen LogP contribution in [-0.2, 0) is 12.2 Å². The summed E-state index contributed by atoms with van der Waals surface area (Å²) in [5.41, 5.74) is 2.33. The molecule has 0 fully saturated rings. The number of aryl methyl sites for hydroxylation is 3. The quantitative estimate of drug-likeness (QED) is 0.378. The molecule has 36 heavy (non-hydrogen) atoms. The number of rotatable bonds is 6. The summed E-state index contributed by atoms with van der Waals surface area (Å²) in [7, 11) is 0. The molecule has 0 bridgehead atoms. The Morgan fingerprint density at radius 1 is 1.08 bits per heavy atom. The monoisotopic (exact) mass is 554 g/mol. The molecule has 4 aromatic heterocycles. The molecule has 0 saturated carbocycles. The maximum absolute atomic E-state index is 13.9. The van der Waals surface area contributed by atoms with Crippen molar-refractivity contribution in [3.63, 3.8) is 0 Å². The third-order valence-electron chi connectivity index (χ3n) is 5.49. The van der Waals surface area contributed by atoms with Crippen molar-refractivity contribution >= 4 is 15.9 Å². The van der Waals surface area contributed by atoms with E-state index >= 15 is 0 Å². The van der Waals surface area contributed by atoms with Gasteiger partial charge in [-0.25, -0.2) is 24.3 Å². The van der Waals surface area contributed by atoms with E-state index in [1.807, 2.05) is 13.8 Å². The van der Waals surface area contributed by atoms with Crippen LogP contribution in [0.2, 0.25) is 0 Å². The number of hydrogen-bond donors (Lipinski definition) is 1. The Morgan fingerprint density at radius 3 is 2.50 bits per heavy atom. The van der Waals surface area contributed by atoms with Gasteiger partial charge in [0.15, 0.2) is 11.6 Å². The van der Waals surface area contributed by atoms with Crippen molar-refractivity contribution in [3.8, 4) is 22.8 Å². The van der Waals surface area contributed by atoms with Crippen LogP contribution in [0, 0.1) is 26.6 Å². The van der Waals surface area contributed by atoms with Gasteiger partial charge in [0.2, 0.25) is 0 Å². The van der Waals surface area contributed by atoms with Gasteiger partial charge in [-0.15, -0.1) is 0 Å². The molecule has 0 aliphatic carbocycles. The molecule has 0 aliphatic heterocycles. The standard InChI is InChI=1S/C25H24BrFN6O3/c1-13-8-29-17(22-14(2)9-30-24(32-22)25(4,5)35)7-19(13)33-15(3)6-20(21(26)23(33)34)36-11-18-16(27)10-28-12-31-18/h6-10,12,35H,11H2,1-5H3. The van der Waals surface area contributed by atoms with Gasteiger partial charge in [-0.05, 0) is 67.7 Å². The average Bonchev–Trinajstić information content (AvgIpc) is 2.82. The van der Waals surface area contributed by atoms with Gasteiger partial charge in [0.1, 0.15) is 34.5 Å². The summed E-state index contributed by atoms with van der Waals surface area (Å²) in [5.74, 6) is -0.0590. The van der Waals surface area contributed by atoms with Crippen molar-refractivity contribution in [3.05, 3.63) is 86.0 Å². The molecule has 4 rings (SSSR count). The Kier molecular flexibility index (Phi) is 6.96. The first-order valence-electron chi connectivity index (χ1n) is 11.0. The van der Waals surface area contributed by atoms with Crippen molar-refractivity contribution in [2.75, 3.05) is 0 Å². The first kappa shape index (κ1) is 25.5. The lowest BCUT2D eigenvalue weighted by Crippen LogP contribution is -2.23. The van der Waals surface area contributed by atoms with Crippen molar-refractivity contribution in [2.24, 2.45) is 0 Å². The second kappa shape index (κ2) is 9.82. The lowest BCUT2D eigenvalue weighted by Gasteiger charge is -2.18. The lowest BCUT2D eigenvalue weighted by atomic mass is 10.1. The molecule has 0 unspecified atom stereocenters. The number of ether oxygens (including phenoxy) is 1. The van der Waals surface area contributed by atoms with Gasteiger partial charge in [-0.1, -0.05) is 0 Å². The minimum absolute atomic E-state index is 0.0824. The number of aromatic nitrogens is 6. The molecule has 4 heterocycles. The zero-order chi connectivity index (χ0) is 26.2. The van der Waals surface area contributed by atoms with Gasteiger partial charge in [0.05, 0.1) is 23.3 Å². The van der Waals surface area contributed by atoms with E-state index in [1.54, 1.807) is 45.3 Å². The Hall–Kier alpha value is -3.57. The summed E-state index contributed by atoms with van der Waals surface area (Å²) in [4.78, 5) is 34.2. The Labute approximate surface area is 215 Å². The molecule has 0 amide bonds. The summed E-state index contributed by atoms with van der Waals surface area (Å²) >= 11 is 3.34. The van der Waals surface area contributed by atoms with Crippen LogP contribution in [0.25, 0.3) is 17.1 Å². The fourth-order valence-corrected chi connectivity index (χ4v) is 3.96. The number of nitrogens with zero attached hydrogens (tertiary/aromatic N) is 6. The molecule has 0 spiro atoms. The van der Waals surface area contributed by atoms with Gasteiger partial charge in [-0.2, -0.15) is 0 Å². The van der Waals surface area contributed by atoms with Crippen LogP contribution < -0.4 is 10.3 Å². The maximum Gasteiger partial charge on any atom is 0.273 e. The number of pyridine rings is 2. The normalized spacial score (nSPS) is 11.6. The highest BCUT2D eigenvalue weighted by atomic mass is 79.9. The molecule has 0 aromatic carbocycles. The predicted molar refractivity (Wildman–Crippen MR) is 134 cm³/mol. The van der Waals surface area contributed by atoms with E-state index in [9.17, 15) is 14.3 Å². The fraction of sp³-hybridized carbons (Fsp3) is 0.280. The second-order valence-corrected chi connectivity index (χ2v) is 9.64. The van der Waals surface area contributed by atoms with Crippen LogP contribution in [0.4, 0.5) is 4.39 Å². The molecule has 186 valence electrons. The number of aliphatic hydroxyl groups is 1. The van der Waals surface area contributed by atoms with Crippen LogP contribution in [0.5, 0.6) is 5.75 Å². The minimum atomic E-state index is -1.22. The first-order chi connectivity index (χ1) is 17.0. The summed E-state index contributed by atoms with van der Waals surface area (Å²) in [6, 6.07) is 3.46. The van der Waals surface area contributed by atoms with Crippen LogP contribution in [0.1, 0.15) is 42.2 Å². The zero-order valence-electron chi connectivity index (χ0n) is 20.4. The Morgan fingerprint density at radius 2 is 1.81 bits per heavy atom. The Bertz CT molecular complexity index is 1520. The van der Waals surface area contributed by atoms with E-state index in [2.05, 4.69) is 40.8 Å². The molecule has 11 heteroatoms. The van der Waals surface area contributed by atoms with Crippen LogP contribution >= 0.6 is 15.9 Å². The van der Waals surface area contributed by atoms with Gasteiger partial charge in [0.25, 0.3) is 5.56 Å². The smallest absolute Gasteiger partial charge is 0.273 e. The topological polar surface area (TPSA) is 116 Å². The summed E-state index contributed by atoms with van der Waals surface area (Å²) in [5, 5.41) is 10.4. The molecule has 4 aromatic rings. The third-order valence-corrected chi connectivity index (χ3v) is 6.22. The van der Waals surface area contributed by atoms with E-state index in [-0.39, 0.29) is 33.9 Å². The van der Waals surface area contributed by atoms with Gasteiger partial charge in [0, 0.05) is 24.2 Å². The maximum atomic E-state index is 13.9.